The fourth-order valence-corrected chi connectivity index (χ4v) is 1.30. The number of amides is 1. The number of hydrogen-bond donors (Lipinski definition) is 1. The Bertz CT molecular complexity index is 300. The Morgan fingerprint density at radius 3 is 2.92 bits per heavy atom. The monoisotopic (exact) mass is 178 g/mol. The van der Waals surface area contributed by atoms with Crippen molar-refractivity contribution in [1.82, 2.24) is 4.90 Å². The third kappa shape index (κ3) is 1.99. The van der Waals surface area contributed by atoms with Crippen molar-refractivity contribution in [3.05, 3.63) is 0 Å². The number of hydrogen-bond acceptors (Lipinski definition) is 3. The number of carbonyl (C=O) groups is 1. The summed E-state index contributed by atoms with van der Waals surface area (Å²) in [5, 5.41) is 17.9. The summed E-state index contributed by atoms with van der Waals surface area (Å²) in [7, 11) is 0. The largest absolute Gasteiger partial charge is 0.376 e. The van der Waals surface area contributed by atoms with Crippen LogP contribution in [0.15, 0.2) is 0 Å². The van der Waals surface area contributed by atoms with Crippen LogP contribution in [-0.2, 0) is 4.79 Å². The van der Waals surface area contributed by atoms with Crippen LogP contribution in [0.1, 0.15) is 12.8 Å². The molecule has 1 heterocycles. The van der Waals surface area contributed by atoms with Crippen LogP contribution in [0.5, 0.6) is 0 Å². The van der Waals surface area contributed by atoms with Gasteiger partial charge in [-0.05, 0) is 0 Å². The van der Waals surface area contributed by atoms with Crippen molar-refractivity contribution < 1.29 is 9.90 Å². The van der Waals surface area contributed by atoms with E-state index in [0.717, 1.165) is 0 Å². The fourth-order valence-electron chi connectivity index (χ4n) is 1.30. The quantitative estimate of drug-likeness (QED) is 0.550. The normalized spacial score (nSPS) is 26.5. The smallest absolute Gasteiger partial charge is 0.236 e. The minimum atomic E-state index is -1.19. The SMILES string of the molecule is C#CC1(O)CCN(C(=O)CC#N)C1. The van der Waals surface area contributed by atoms with Gasteiger partial charge in [-0.3, -0.25) is 4.79 Å². The molecule has 4 heteroatoms. The van der Waals surface area contributed by atoms with Gasteiger partial charge in [-0.1, -0.05) is 5.92 Å². The molecule has 1 aliphatic rings. The van der Waals surface area contributed by atoms with Gasteiger partial charge in [0.05, 0.1) is 12.6 Å². The molecule has 0 aromatic heterocycles. The maximum Gasteiger partial charge on any atom is 0.236 e. The van der Waals surface area contributed by atoms with Gasteiger partial charge in [0.25, 0.3) is 0 Å². The standard InChI is InChI=1S/C9H10N2O2/c1-2-9(13)4-6-11(7-9)8(12)3-5-10/h1,13H,3-4,6-7H2. The van der Waals surface area contributed by atoms with Gasteiger partial charge in [-0.15, -0.1) is 6.42 Å². The molecule has 0 aliphatic carbocycles. The molecule has 1 rings (SSSR count). The van der Waals surface area contributed by atoms with Gasteiger partial charge >= 0.3 is 0 Å². The molecule has 1 fully saturated rings. The maximum absolute atomic E-state index is 11.2. The highest BCUT2D eigenvalue weighted by molar-refractivity contribution is 5.78. The maximum atomic E-state index is 11.2. The van der Waals surface area contributed by atoms with Crippen LogP contribution in [0.25, 0.3) is 0 Å². The third-order valence-electron chi connectivity index (χ3n) is 2.10. The summed E-state index contributed by atoms with van der Waals surface area (Å²) < 4.78 is 0. The van der Waals surface area contributed by atoms with Crippen LogP contribution in [0.2, 0.25) is 0 Å². The summed E-state index contributed by atoms with van der Waals surface area (Å²) in [4.78, 5) is 12.6. The molecule has 13 heavy (non-hydrogen) atoms. The molecule has 0 aromatic rings. The van der Waals surface area contributed by atoms with E-state index in [1.807, 2.05) is 0 Å². The predicted octanol–water partition coefficient (Wildman–Crippen LogP) is -0.503. The van der Waals surface area contributed by atoms with Crippen LogP contribution in [0, 0.1) is 23.7 Å². The lowest BCUT2D eigenvalue weighted by Crippen LogP contribution is -2.34. The Hall–Kier alpha value is -1.52. The van der Waals surface area contributed by atoms with Crippen LogP contribution >= 0.6 is 0 Å². The highest BCUT2D eigenvalue weighted by Crippen LogP contribution is 2.20. The number of rotatable bonds is 1. The number of nitrogens with zero attached hydrogens (tertiary/aromatic N) is 2. The van der Waals surface area contributed by atoms with E-state index in [4.69, 9.17) is 11.7 Å². The second-order valence-electron chi connectivity index (χ2n) is 3.08. The molecule has 0 bridgehead atoms. The zero-order chi connectivity index (χ0) is 9.90. The zero-order valence-electron chi connectivity index (χ0n) is 7.16. The molecule has 4 nitrogen and oxygen atoms in total. The number of carbonyl (C=O) groups excluding carboxylic acids is 1. The molecular formula is C9H10N2O2. The van der Waals surface area contributed by atoms with E-state index in [-0.39, 0.29) is 18.9 Å². The van der Waals surface area contributed by atoms with Gasteiger partial charge in [-0.25, -0.2) is 0 Å². The Labute approximate surface area is 76.8 Å². The van der Waals surface area contributed by atoms with Gasteiger partial charge in [0, 0.05) is 13.0 Å². The topological polar surface area (TPSA) is 64.3 Å². The van der Waals surface area contributed by atoms with Crippen LogP contribution in [-0.4, -0.2) is 34.6 Å². The molecule has 1 aliphatic heterocycles. The van der Waals surface area contributed by atoms with Gasteiger partial charge in [0.2, 0.25) is 5.91 Å². The molecule has 0 spiro atoms. The van der Waals surface area contributed by atoms with E-state index in [9.17, 15) is 9.90 Å². The number of terminal acetylenes is 1. The van der Waals surface area contributed by atoms with Crippen molar-refractivity contribution >= 4 is 5.91 Å². The first-order valence-electron chi connectivity index (χ1n) is 3.96. The van der Waals surface area contributed by atoms with E-state index in [1.165, 1.54) is 4.90 Å². The Morgan fingerprint density at radius 1 is 1.77 bits per heavy atom. The first-order valence-corrected chi connectivity index (χ1v) is 3.96. The first-order chi connectivity index (χ1) is 6.11. The number of likely N-dealkylation sites (tertiary alicyclic amines) is 1. The average molecular weight is 178 g/mol. The average Bonchev–Trinajstić information content (AvgIpc) is 2.50. The number of aliphatic hydroxyl groups is 1. The highest BCUT2D eigenvalue weighted by Gasteiger charge is 2.36. The van der Waals surface area contributed by atoms with Crippen molar-refractivity contribution in [1.29, 1.82) is 5.26 Å². The second kappa shape index (κ2) is 3.47. The Balaban J connectivity index is 2.57. The summed E-state index contributed by atoms with van der Waals surface area (Å²) in [6.07, 6.45) is 5.34. The van der Waals surface area contributed by atoms with E-state index < -0.39 is 5.60 Å². The molecule has 68 valence electrons. The number of β-amino-alcohol motifs (C(OH)–C–C–N with tert-alkyl or cyclic N) is 1. The van der Waals surface area contributed by atoms with Crippen molar-refractivity contribution in [2.24, 2.45) is 0 Å². The predicted molar refractivity (Wildman–Crippen MR) is 45.2 cm³/mol. The minimum absolute atomic E-state index is 0.143. The van der Waals surface area contributed by atoms with E-state index >= 15 is 0 Å². The number of nitriles is 1. The van der Waals surface area contributed by atoms with Gasteiger partial charge in [0.1, 0.15) is 12.0 Å². The molecular weight excluding hydrogens is 168 g/mol. The zero-order valence-corrected chi connectivity index (χ0v) is 7.16. The molecule has 1 atom stereocenters. The lowest BCUT2D eigenvalue weighted by atomic mass is 10.1. The van der Waals surface area contributed by atoms with Gasteiger partial charge < -0.3 is 10.0 Å². The summed E-state index contributed by atoms with van der Waals surface area (Å²) in [5.41, 5.74) is -1.19. The molecule has 1 amide bonds. The molecule has 1 unspecified atom stereocenters. The Kier molecular flexibility index (Phi) is 2.55. The van der Waals surface area contributed by atoms with Crippen LogP contribution in [0.3, 0.4) is 0 Å². The lowest BCUT2D eigenvalue weighted by molar-refractivity contribution is -0.129. The van der Waals surface area contributed by atoms with Crippen molar-refractivity contribution in [2.45, 2.75) is 18.4 Å². The second-order valence-corrected chi connectivity index (χ2v) is 3.08. The molecule has 1 N–H and O–H groups in total. The van der Waals surface area contributed by atoms with Crippen LogP contribution in [0.4, 0.5) is 0 Å². The minimum Gasteiger partial charge on any atom is -0.376 e. The van der Waals surface area contributed by atoms with E-state index in [1.54, 1.807) is 6.07 Å². The van der Waals surface area contributed by atoms with E-state index in [2.05, 4.69) is 5.92 Å². The Morgan fingerprint density at radius 2 is 2.46 bits per heavy atom. The summed E-state index contributed by atoms with van der Waals surface area (Å²) in [5.74, 6) is 1.98. The summed E-state index contributed by atoms with van der Waals surface area (Å²) in [6.45, 7) is 0.575. The van der Waals surface area contributed by atoms with Crippen molar-refractivity contribution in [3.8, 4) is 18.4 Å². The van der Waals surface area contributed by atoms with Crippen LogP contribution < -0.4 is 0 Å². The summed E-state index contributed by atoms with van der Waals surface area (Å²) in [6, 6.07) is 1.77. The lowest BCUT2D eigenvalue weighted by Gasteiger charge is -2.16. The van der Waals surface area contributed by atoms with Gasteiger partial charge in [0.15, 0.2) is 0 Å². The van der Waals surface area contributed by atoms with Crippen molar-refractivity contribution in [2.75, 3.05) is 13.1 Å². The van der Waals surface area contributed by atoms with E-state index in [0.29, 0.717) is 13.0 Å². The van der Waals surface area contributed by atoms with Gasteiger partial charge in [-0.2, -0.15) is 5.26 Å². The fraction of sp³-hybridized carbons (Fsp3) is 0.556. The molecule has 0 radical (unpaired) electrons. The molecule has 0 aromatic carbocycles. The molecule has 1 saturated heterocycles. The van der Waals surface area contributed by atoms with Crippen molar-refractivity contribution in [3.63, 3.8) is 0 Å². The summed E-state index contributed by atoms with van der Waals surface area (Å²) >= 11 is 0. The highest BCUT2D eigenvalue weighted by atomic mass is 16.3. The molecule has 0 saturated carbocycles. The first kappa shape index (κ1) is 9.57. The third-order valence-corrected chi connectivity index (χ3v) is 2.10.